The molecule has 10 heavy (non-hydrogen) atoms. The van der Waals surface area contributed by atoms with E-state index >= 15 is 0 Å². The maximum absolute atomic E-state index is 9.99. The van der Waals surface area contributed by atoms with Gasteiger partial charge in [0.25, 0.3) is 5.89 Å². The van der Waals surface area contributed by atoms with Crippen molar-refractivity contribution in [2.75, 3.05) is 7.11 Å². The first-order valence-electron chi connectivity index (χ1n) is 2.63. The third kappa shape index (κ3) is 1.38. The Hall–Kier alpha value is -1.23. The fourth-order valence-electron chi connectivity index (χ4n) is 0.503. The van der Waals surface area contributed by atoms with E-state index in [1.54, 1.807) is 0 Å². The highest BCUT2D eigenvalue weighted by Crippen LogP contribution is 1.94. The first-order chi connectivity index (χ1) is 4.86. The van der Waals surface area contributed by atoms with Gasteiger partial charge in [0.15, 0.2) is 5.82 Å². The normalized spacial score (nSPS) is 9.70. The summed E-state index contributed by atoms with van der Waals surface area (Å²) in [6, 6.07) is 0. The smallest absolute Gasteiger partial charge is 0.290 e. The van der Waals surface area contributed by atoms with Crippen LogP contribution in [0.1, 0.15) is 16.5 Å². The van der Waals surface area contributed by atoms with Gasteiger partial charge >= 0.3 is 0 Å². The largest absolute Gasteiger partial charge is 0.377 e. The Labute approximate surface area is 57.0 Å². The molecule has 0 bridgehead atoms. The second kappa shape index (κ2) is 3.07. The second-order valence-corrected chi connectivity index (χ2v) is 1.60. The van der Waals surface area contributed by atoms with Gasteiger partial charge in [-0.25, -0.2) is 0 Å². The van der Waals surface area contributed by atoms with Crippen molar-refractivity contribution in [3.63, 3.8) is 0 Å². The summed E-state index contributed by atoms with van der Waals surface area (Å²) < 4.78 is 9.14. The minimum Gasteiger partial charge on any atom is -0.377 e. The zero-order chi connectivity index (χ0) is 7.40. The number of carbonyl (C=O) groups is 1. The van der Waals surface area contributed by atoms with E-state index in [4.69, 9.17) is 0 Å². The zero-order valence-corrected chi connectivity index (χ0v) is 5.40. The summed E-state index contributed by atoms with van der Waals surface area (Å²) in [7, 11) is 1.51. The number of hydrogen-bond acceptors (Lipinski definition) is 5. The van der Waals surface area contributed by atoms with E-state index in [1.165, 1.54) is 7.11 Å². The summed E-state index contributed by atoms with van der Waals surface area (Å²) in [4.78, 5) is 13.6. The average molecular weight is 142 g/mol. The minimum atomic E-state index is -0.0212. The van der Waals surface area contributed by atoms with Crippen molar-refractivity contribution in [2.45, 2.75) is 6.61 Å². The molecule has 0 aliphatic rings. The first-order valence-corrected chi connectivity index (χ1v) is 2.63. The van der Waals surface area contributed by atoms with Gasteiger partial charge in [-0.3, -0.25) is 4.79 Å². The maximum atomic E-state index is 9.99. The van der Waals surface area contributed by atoms with Crippen LogP contribution < -0.4 is 0 Å². The molecule has 1 rings (SSSR count). The Morgan fingerprint density at radius 3 is 3.10 bits per heavy atom. The molecular formula is C5H6N2O3. The van der Waals surface area contributed by atoms with Gasteiger partial charge in [0, 0.05) is 7.11 Å². The Morgan fingerprint density at radius 2 is 2.60 bits per heavy atom. The van der Waals surface area contributed by atoms with E-state index in [1.807, 2.05) is 0 Å². The summed E-state index contributed by atoms with van der Waals surface area (Å²) in [5.41, 5.74) is 0. The highest BCUT2D eigenvalue weighted by Gasteiger charge is 2.02. The van der Waals surface area contributed by atoms with Gasteiger partial charge in [0.2, 0.25) is 6.29 Å². The number of rotatable bonds is 3. The summed E-state index contributed by atoms with van der Waals surface area (Å²) in [5, 5.41) is 3.43. The van der Waals surface area contributed by atoms with E-state index in [0.29, 0.717) is 12.1 Å². The first kappa shape index (κ1) is 6.88. The van der Waals surface area contributed by atoms with Gasteiger partial charge in [0.1, 0.15) is 6.61 Å². The van der Waals surface area contributed by atoms with Gasteiger partial charge < -0.3 is 9.26 Å². The molecule has 0 radical (unpaired) electrons. The predicted octanol–water partition coefficient (Wildman–Crippen LogP) is 0.0285. The fourth-order valence-corrected chi connectivity index (χ4v) is 0.503. The monoisotopic (exact) mass is 142 g/mol. The standard InChI is InChI=1S/C5H6N2O3/c1-9-3-4-6-5(2-8)10-7-4/h2H,3H2,1H3. The van der Waals surface area contributed by atoms with Crippen LogP contribution >= 0.6 is 0 Å². The lowest BCUT2D eigenvalue weighted by molar-refractivity contribution is 0.108. The molecule has 54 valence electrons. The van der Waals surface area contributed by atoms with E-state index in [2.05, 4.69) is 19.4 Å². The van der Waals surface area contributed by atoms with Crippen molar-refractivity contribution in [1.82, 2.24) is 10.1 Å². The van der Waals surface area contributed by atoms with Crippen molar-refractivity contribution in [1.29, 1.82) is 0 Å². The maximum Gasteiger partial charge on any atom is 0.290 e. The quantitative estimate of drug-likeness (QED) is 0.557. The van der Waals surface area contributed by atoms with Crippen LogP contribution in [0.15, 0.2) is 4.52 Å². The minimum absolute atomic E-state index is 0.0212. The number of carbonyl (C=O) groups excluding carboxylic acids is 1. The van der Waals surface area contributed by atoms with Gasteiger partial charge in [-0.05, 0) is 0 Å². The van der Waals surface area contributed by atoms with Gasteiger partial charge in [-0.2, -0.15) is 4.98 Å². The lowest BCUT2D eigenvalue weighted by Gasteiger charge is -1.85. The SMILES string of the molecule is COCc1noc(C=O)n1. The van der Waals surface area contributed by atoms with Gasteiger partial charge in [-0.15, -0.1) is 0 Å². The van der Waals surface area contributed by atoms with E-state index in [0.717, 1.165) is 0 Å². The molecule has 0 spiro atoms. The van der Waals surface area contributed by atoms with Crippen LogP contribution in [-0.4, -0.2) is 23.5 Å². The van der Waals surface area contributed by atoms with E-state index in [9.17, 15) is 4.79 Å². The molecule has 0 fully saturated rings. The van der Waals surface area contributed by atoms with Crippen LogP contribution in [0.2, 0.25) is 0 Å². The van der Waals surface area contributed by atoms with Crippen LogP contribution in [0.5, 0.6) is 0 Å². The molecule has 5 nitrogen and oxygen atoms in total. The summed E-state index contributed by atoms with van der Waals surface area (Å²) >= 11 is 0. The summed E-state index contributed by atoms with van der Waals surface area (Å²) in [6.07, 6.45) is 0.492. The van der Waals surface area contributed by atoms with Crippen LogP contribution in [0.3, 0.4) is 0 Å². The molecule has 5 heteroatoms. The fraction of sp³-hybridized carbons (Fsp3) is 0.400. The molecule has 0 amide bonds. The summed E-state index contributed by atoms with van der Waals surface area (Å²) in [5.74, 6) is 0.358. The zero-order valence-electron chi connectivity index (χ0n) is 5.40. The number of aldehydes is 1. The number of ether oxygens (including phenoxy) is 1. The molecule has 0 aromatic carbocycles. The predicted molar refractivity (Wildman–Crippen MR) is 30.4 cm³/mol. The van der Waals surface area contributed by atoms with Crippen molar-refractivity contribution in [3.8, 4) is 0 Å². The van der Waals surface area contributed by atoms with Gasteiger partial charge in [-0.1, -0.05) is 5.16 Å². The van der Waals surface area contributed by atoms with E-state index < -0.39 is 0 Å². The van der Waals surface area contributed by atoms with Gasteiger partial charge in [0.05, 0.1) is 0 Å². The highest BCUT2D eigenvalue weighted by molar-refractivity contribution is 5.66. The van der Waals surface area contributed by atoms with Crippen molar-refractivity contribution in [2.24, 2.45) is 0 Å². The molecule has 0 aliphatic heterocycles. The number of aromatic nitrogens is 2. The lowest BCUT2D eigenvalue weighted by atomic mass is 10.6. The van der Waals surface area contributed by atoms with Crippen molar-refractivity contribution < 1.29 is 14.1 Å². The third-order valence-electron chi connectivity index (χ3n) is 0.858. The van der Waals surface area contributed by atoms with Crippen LogP contribution in [0.25, 0.3) is 0 Å². The molecule has 0 aliphatic carbocycles. The van der Waals surface area contributed by atoms with Crippen LogP contribution in [-0.2, 0) is 11.3 Å². The van der Waals surface area contributed by atoms with Crippen LogP contribution in [0.4, 0.5) is 0 Å². The second-order valence-electron chi connectivity index (χ2n) is 1.60. The topological polar surface area (TPSA) is 65.2 Å². The average Bonchev–Trinajstić information content (AvgIpc) is 2.37. The Bertz CT molecular complexity index is 220. The molecular weight excluding hydrogens is 136 g/mol. The summed E-state index contributed by atoms with van der Waals surface area (Å²) in [6.45, 7) is 0.261. The highest BCUT2D eigenvalue weighted by atomic mass is 16.5. The lowest BCUT2D eigenvalue weighted by Crippen LogP contribution is -1.89. The molecule has 1 aromatic heterocycles. The molecule has 0 saturated heterocycles. The van der Waals surface area contributed by atoms with Crippen molar-refractivity contribution >= 4 is 6.29 Å². The van der Waals surface area contributed by atoms with E-state index in [-0.39, 0.29) is 12.5 Å². The number of hydrogen-bond donors (Lipinski definition) is 0. The molecule has 0 unspecified atom stereocenters. The molecule has 0 saturated carbocycles. The molecule has 0 N–H and O–H groups in total. The van der Waals surface area contributed by atoms with Crippen LogP contribution in [0, 0.1) is 0 Å². The third-order valence-corrected chi connectivity index (χ3v) is 0.858. The Kier molecular flexibility index (Phi) is 2.11. The molecule has 0 atom stereocenters. The molecule has 1 heterocycles. The Morgan fingerprint density at radius 1 is 1.80 bits per heavy atom. The Balaban J connectivity index is 2.68. The number of nitrogens with zero attached hydrogens (tertiary/aromatic N) is 2. The van der Waals surface area contributed by atoms with Crippen molar-refractivity contribution in [3.05, 3.63) is 11.7 Å². The number of methoxy groups -OCH3 is 1. The molecule has 1 aromatic rings.